The lowest BCUT2D eigenvalue weighted by Crippen LogP contribution is -2.15. The van der Waals surface area contributed by atoms with E-state index in [1.807, 2.05) is 13.0 Å². The van der Waals surface area contributed by atoms with Gasteiger partial charge in [-0.15, -0.1) is 0 Å². The second kappa shape index (κ2) is 6.28. The van der Waals surface area contributed by atoms with E-state index in [0.29, 0.717) is 16.8 Å². The average molecular weight is 324 g/mol. The van der Waals surface area contributed by atoms with Crippen LogP contribution < -0.4 is 10.9 Å². The number of hydrogen-bond donors (Lipinski definition) is 2. The summed E-state index contributed by atoms with van der Waals surface area (Å²) in [4.78, 5) is 26.8. The number of hydrogen-bond acceptors (Lipinski definition) is 2. The molecule has 0 radical (unpaired) electrons. The third-order valence-corrected chi connectivity index (χ3v) is 4.14. The van der Waals surface area contributed by atoms with Gasteiger partial charge in [0.2, 0.25) is 5.91 Å². The molecule has 0 aliphatic rings. The summed E-state index contributed by atoms with van der Waals surface area (Å²) in [6.07, 6.45) is 0.155. The Labute approximate surface area is 138 Å². The van der Waals surface area contributed by atoms with Gasteiger partial charge in [-0.25, -0.2) is 4.39 Å². The van der Waals surface area contributed by atoms with Crippen LogP contribution in [0.15, 0.2) is 47.3 Å². The fourth-order valence-corrected chi connectivity index (χ4v) is 2.63. The Morgan fingerprint density at radius 1 is 1.08 bits per heavy atom. The Kier molecular flexibility index (Phi) is 4.16. The number of aromatic nitrogens is 1. The van der Waals surface area contributed by atoms with Crippen LogP contribution >= 0.6 is 0 Å². The van der Waals surface area contributed by atoms with Gasteiger partial charge in [0.15, 0.2) is 0 Å². The van der Waals surface area contributed by atoms with Crippen molar-refractivity contribution in [3.8, 4) is 0 Å². The Morgan fingerprint density at radius 2 is 1.79 bits per heavy atom. The molecule has 0 atom stereocenters. The van der Waals surface area contributed by atoms with Crippen molar-refractivity contribution in [3.63, 3.8) is 0 Å². The van der Waals surface area contributed by atoms with E-state index < -0.39 is 0 Å². The van der Waals surface area contributed by atoms with Crippen LogP contribution in [0.3, 0.4) is 0 Å². The predicted molar refractivity (Wildman–Crippen MR) is 92.8 cm³/mol. The van der Waals surface area contributed by atoms with Crippen LogP contribution in [0.25, 0.3) is 10.9 Å². The Balaban J connectivity index is 1.82. The molecule has 1 aromatic heterocycles. The predicted octanol–water partition coefficient (Wildman–Crippen LogP) is 3.47. The molecule has 0 aliphatic heterocycles. The lowest BCUT2D eigenvalue weighted by atomic mass is 10.1. The first-order valence-corrected chi connectivity index (χ1v) is 7.61. The highest BCUT2D eigenvalue weighted by atomic mass is 19.1. The number of nitrogens with one attached hydrogen (secondary N) is 2. The summed E-state index contributed by atoms with van der Waals surface area (Å²) in [6, 6.07) is 11.2. The molecule has 3 aromatic rings. The van der Waals surface area contributed by atoms with Crippen LogP contribution in [0.5, 0.6) is 0 Å². The topological polar surface area (TPSA) is 62.0 Å². The maximum Gasteiger partial charge on any atom is 0.251 e. The molecule has 2 N–H and O–H groups in total. The van der Waals surface area contributed by atoms with E-state index in [0.717, 1.165) is 16.5 Å². The highest BCUT2D eigenvalue weighted by Crippen LogP contribution is 2.21. The lowest BCUT2D eigenvalue weighted by molar-refractivity contribution is -0.115. The van der Waals surface area contributed by atoms with Crippen molar-refractivity contribution in [1.82, 2.24) is 4.98 Å². The van der Waals surface area contributed by atoms with Crippen LogP contribution in [0, 0.1) is 19.7 Å². The van der Waals surface area contributed by atoms with Crippen molar-refractivity contribution >= 4 is 22.5 Å². The van der Waals surface area contributed by atoms with Crippen molar-refractivity contribution in [2.24, 2.45) is 0 Å². The normalized spacial score (nSPS) is 10.8. The fourth-order valence-electron chi connectivity index (χ4n) is 2.63. The number of amides is 1. The number of halogens is 1. The Morgan fingerprint density at radius 3 is 2.50 bits per heavy atom. The zero-order valence-corrected chi connectivity index (χ0v) is 13.4. The number of anilines is 1. The second-order valence-electron chi connectivity index (χ2n) is 5.82. The molecule has 0 spiro atoms. The number of carbonyl (C=O) groups is 1. The number of aromatic amines is 1. The molecule has 24 heavy (non-hydrogen) atoms. The molecule has 0 saturated carbocycles. The summed E-state index contributed by atoms with van der Waals surface area (Å²) in [5, 5.41) is 3.74. The van der Waals surface area contributed by atoms with Gasteiger partial charge in [-0.1, -0.05) is 18.2 Å². The molecule has 0 fully saturated rings. The van der Waals surface area contributed by atoms with Gasteiger partial charge >= 0.3 is 0 Å². The molecule has 0 aliphatic carbocycles. The first-order chi connectivity index (χ1) is 11.4. The number of carbonyl (C=O) groups excluding carboxylic acids is 1. The van der Waals surface area contributed by atoms with E-state index in [2.05, 4.69) is 10.3 Å². The van der Waals surface area contributed by atoms with Gasteiger partial charge in [0.05, 0.1) is 11.9 Å². The second-order valence-corrected chi connectivity index (χ2v) is 5.82. The largest absolute Gasteiger partial charge is 0.326 e. The highest BCUT2D eigenvalue weighted by Gasteiger charge is 2.08. The summed E-state index contributed by atoms with van der Waals surface area (Å²) in [5.74, 6) is -0.532. The van der Waals surface area contributed by atoms with Gasteiger partial charge in [0, 0.05) is 16.6 Å². The Hall–Kier alpha value is -2.95. The molecular weight excluding hydrogens is 307 g/mol. The highest BCUT2D eigenvalue weighted by molar-refractivity contribution is 5.95. The van der Waals surface area contributed by atoms with E-state index in [4.69, 9.17) is 0 Å². The quantitative estimate of drug-likeness (QED) is 0.775. The Bertz CT molecular complexity index is 975. The van der Waals surface area contributed by atoms with Crippen molar-refractivity contribution in [2.45, 2.75) is 20.3 Å². The summed E-state index contributed by atoms with van der Waals surface area (Å²) < 4.78 is 12.9. The van der Waals surface area contributed by atoms with Crippen molar-refractivity contribution in [3.05, 3.63) is 75.3 Å². The van der Waals surface area contributed by atoms with E-state index >= 15 is 0 Å². The van der Waals surface area contributed by atoms with Gasteiger partial charge in [-0.05, 0) is 49.2 Å². The average Bonchev–Trinajstić information content (AvgIpc) is 2.55. The number of fused-ring (bicyclic) bond motifs is 1. The smallest absolute Gasteiger partial charge is 0.251 e. The number of H-pyrrole nitrogens is 1. The first kappa shape index (κ1) is 15.9. The number of benzene rings is 2. The standard InChI is InChI=1S/C19H17FN2O2/c1-11-12(2)19(24)22-17-10-15(7-8-16(11)17)21-18(23)9-13-3-5-14(20)6-4-13/h3-8,10H,9H2,1-2H3,(H,21,23)(H,22,24). The van der Waals surface area contributed by atoms with Crippen molar-refractivity contribution < 1.29 is 9.18 Å². The summed E-state index contributed by atoms with van der Waals surface area (Å²) in [7, 11) is 0. The van der Waals surface area contributed by atoms with Crippen LogP contribution in [0.4, 0.5) is 10.1 Å². The van der Waals surface area contributed by atoms with Gasteiger partial charge in [0.25, 0.3) is 5.56 Å². The maximum atomic E-state index is 12.9. The number of aryl methyl sites for hydroxylation is 1. The van der Waals surface area contributed by atoms with Crippen LogP contribution in [-0.4, -0.2) is 10.9 Å². The van der Waals surface area contributed by atoms with Crippen molar-refractivity contribution in [2.75, 3.05) is 5.32 Å². The third kappa shape index (κ3) is 3.20. The molecule has 1 amide bonds. The minimum absolute atomic E-state index is 0.130. The SMILES string of the molecule is Cc1c(C)c2ccc(NC(=O)Cc3ccc(F)cc3)cc2[nH]c1=O. The van der Waals surface area contributed by atoms with Gasteiger partial charge in [-0.3, -0.25) is 9.59 Å². The molecule has 1 heterocycles. The molecule has 3 rings (SSSR count). The summed E-state index contributed by atoms with van der Waals surface area (Å²) in [6.45, 7) is 3.69. The van der Waals surface area contributed by atoms with Crippen LogP contribution in [0.2, 0.25) is 0 Å². The first-order valence-electron chi connectivity index (χ1n) is 7.61. The number of rotatable bonds is 3. The van der Waals surface area contributed by atoms with E-state index in [1.54, 1.807) is 31.2 Å². The molecule has 4 nitrogen and oxygen atoms in total. The van der Waals surface area contributed by atoms with Crippen LogP contribution in [-0.2, 0) is 11.2 Å². The van der Waals surface area contributed by atoms with Gasteiger partial charge in [-0.2, -0.15) is 0 Å². The minimum atomic E-state index is -0.330. The zero-order chi connectivity index (χ0) is 17.3. The molecule has 2 aromatic carbocycles. The molecular formula is C19H17FN2O2. The van der Waals surface area contributed by atoms with Gasteiger partial charge < -0.3 is 10.3 Å². The lowest BCUT2D eigenvalue weighted by Gasteiger charge is -2.09. The minimum Gasteiger partial charge on any atom is -0.326 e. The van der Waals surface area contributed by atoms with E-state index in [9.17, 15) is 14.0 Å². The third-order valence-electron chi connectivity index (χ3n) is 4.14. The van der Waals surface area contributed by atoms with E-state index in [1.165, 1.54) is 12.1 Å². The van der Waals surface area contributed by atoms with E-state index in [-0.39, 0.29) is 23.7 Å². The molecule has 122 valence electrons. The summed E-state index contributed by atoms with van der Waals surface area (Å²) in [5.41, 5.74) is 3.51. The molecule has 0 bridgehead atoms. The summed E-state index contributed by atoms with van der Waals surface area (Å²) >= 11 is 0. The monoisotopic (exact) mass is 324 g/mol. The number of pyridine rings is 1. The zero-order valence-electron chi connectivity index (χ0n) is 13.4. The molecule has 0 saturated heterocycles. The fraction of sp³-hybridized carbons (Fsp3) is 0.158. The molecule has 5 heteroatoms. The van der Waals surface area contributed by atoms with Gasteiger partial charge in [0.1, 0.15) is 5.82 Å². The van der Waals surface area contributed by atoms with Crippen molar-refractivity contribution in [1.29, 1.82) is 0 Å². The molecule has 0 unspecified atom stereocenters. The van der Waals surface area contributed by atoms with Crippen LogP contribution in [0.1, 0.15) is 16.7 Å². The maximum absolute atomic E-state index is 12.9.